The fraction of sp³-hybridized carbons (Fsp3) is 0.316. The van der Waals surface area contributed by atoms with Crippen molar-refractivity contribution < 1.29 is 9.13 Å². The zero-order valence-electron chi connectivity index (χ0n) is 12.8. The molecule has 2 aromatic carbocycles. The minimum absolute atomic E-state index is 0.314. The molecule has 2 rings (SSSR count). The van der Waals surface area contributed by atoms with E-state index in [0.29, 0.717) is 25.0 Å². The molecule has 0 aliphatic heterocycles. The Kier molecular flexibility index (Phi) is 5.97. The average molecular weight is 297 g/mol. The Bertz CT molecular complexity index is 648. The van der Waals surface area contributed by atoms with Crippen LogP contribution in [-0.2, 0) is 6.42 Å². The summed E-state index contributed by atoms with van der Waals surface area (Å²) >= 11 is 0. The number of benzene rings is 2. The summed E-state index contributed by atoms with van der Waals surface area (Å²) in [6, 6.07) is 16.6. The molecule has 0 aromatic heterocycles. The number of aryl methyl sites for hydroxylation is 1. The molecule has 2 nitrogen and oxygen atoms in total. The van der Waals surface area contributed by atoms with E-state index in [0.717, 1.165) is 12.2 Å². The van der Waals surface area contributed by atoms with Crippen LogP contribution in [-0.4, -0.2) is 6.61 Å². The van der Waals surface area contributed by atoms with Gasteiger partial charge in [0.15, 0.2) is 0 Å². The fourth-order valence-electron chi connectivity index (χ4n) is 2.38. The zero-order valence-corrected chi connectivity index (χ0v) is 12.8. The van der Waals surface area contributed by atoms with Crippen molar-refractivity contribution in [3.05, 3.63) is 65.5 Å². The second-order valence-corrected chi connectivity index (χ2v) is 5.19. The number of hydrogen-bond acceptors (Lipinski definition) is 2. The summed E-state index contributed by atoms with van der Waals surface area (Å²) in [7, 11) is 0. The molecule has 0 aliphatic carbocycles. The van der Waals surface area contributed by atoms with Gasteiger partial charge in [0.25, 0.3) is 0 Å². The molecule has 0 heterocycles. The quantitative estimate of drug-likeness (QED) is 0.684. The summed E-state index contributed by atoms with van der Waals surface area (Å²) in [5.41, 5.74) is 1.71. The highest BCUT2D eigenvalue weighted by Gasteiger charge is 2.14. The maximum atomic E-state index is 13.7. The van der Waals surface area contributed by atoms with Crippen LogP contribution in [0.4, 0.5) is 4.39 Å². The van der Waals surface area contributed by atoms with Crippen LogP contribution in [0, 0.1) is 17.1 Å². The van der Waals surface area contributed by atoms with Crippen LogP contribution in [0.2, 0.25) is 0 Å². The van der Waals surface area contributed by atoms with E-state index in [2.05, 4.69) is 19.1 Å². The van der Waals surface area contributed by atoms with Gasteiger partial charge in [-0.05, 0) is 43.0 Å². The summed E-state index contributed by atoms with van der Waals surface area (Å²) in [4.78, 5) is 0. The lowest BCUT2D eigenvalue weighted by molar-refractivity contribution is 0.304. The van der Waals surface area contributed by atoms with Crippen molar-refractivity contribution in [3.8, 4) is 11.8 Å². The molecule has 1 atom stereocenters. The van der Waals surface area contributed by atoms with Crippen molar-refractivity contribution in [1.29, 1.82) is 5.26 Å². The van der Waals surface area contributed by atoms with Crippen LogP contribution in [0.5, 0.6) is 5.75 Å². The lowest BCUT2D eigenvalue weighted by atomic mass is 9.95. The van der Waals surface area contributed by atoms with Crippen molar-refractivity contribution in [2.75, 3.05) is 6.61 Å². The molecule has 0 aliphatic rings. The van der Waals surface area contributed by atoms with Gasteiger partial charge in [0.1, 0.15) is 11.6 Å². The summed E-state index contributed by atoms with van der Waals surface area (Å²) in [5.74, 6) is 0.108. The topological polar surface area (TPSA) is 33.0 Å². The Balaban J connectivity index is 1.85. The third-order valence-electron chi connectivity index (χ3n) is 3.65. The molecule has 0 bridgehead atoms. The van der Waals surface area contributed by atoms with E-state index >= 15 is 0 Å². The van der Waals surface area contributed by atoms with Crippen molar-refractivity contribution in [1.82, 2.24) is 0 Å². The van der Waals surface area contributed by atoms with E-state index in [1.54, 1.807) is 18.2 Å². The molecule has 3 heteroatoms. The Morgan fingerprint density at radius 3 is 2.73 bits per heavy atom. The molecular weight excluding hydrogens is 277 g/mol. The molecule has 0 radical (unpaired) electrons. The number of halogens is 1. The fourth-order valence-corrected chi connectivity index (χ4v) is 2.38. The van der Waals surface area contributed by atoms with E-state index in [1.807, 2.05) is 18.2 Å². The highest BCUT2D eigenvalue weighted by atomic mass is 19.1. The number of hydrogen-bond donors (Lipinski definition) is 0. The van der Waals surface area contributed by atoms with Crippen LogP contribution < -0.4 is 4.74 Å². The van der Waals surface area contributed by atoms with E-state index in [-0.39, 0.29) is 5.82 Å². The van der Waals surface area contributed by atoms with Gasteiger partial charge in [-0.1, -0.05) is 37.3 Å². The van der Waals surface area contributed by atoms with Crippen LogP contribution in [0.1, 0.15) is 36.8 Å². The Morgan fingerprint density at radius 1 is 1.18 bits per heavy atom. The van der Waals surface area contributed by atoms with E-state index < -0.39 is 5.92 Å². The summed E-state index contributed by atoms with van der Waals surface area (Å²) in [6.07, 6.45) is 2.27. The lowest BCUT2D eigenvalue weighted by Crippen LogP contribution is -2.03. The highest BCUT2D eigenvalue weighted by Crippen LogP contribution is 2.23. The van der Waals surface area contributed by atoms with Gasteiger partial charge in [0.2, 0.25) is 0 Å². The van der Waals surface area contributed by atoms with Crippen LogP contribution >= 0.6 is 0 Å². The molecule has 0 spiro atoms. The third-order valence-corrected chi connectivity index (χ3v) is 3.65. The second kappa shape index (κ2) is 8.19. The molecule has 0 saturated carbocycles. The molecular formula is C19H20FNO. The number of rotatable bonds is 7. The molecule has 1 unspecified atom stereocenters. The molecule has 114 valence electrons. The van der Waals surface area contributed by atoms with Gasteiger partial charge >= 0.3 is 0 Å². The van der Waals surface area contributed by atoms with Crippen LogP contribution in [0.3, 0.4) is 0 Å². The van der Waals surface area contributed by atoms with Gasteiger partial charge in [0, 0.05) is 5.56 Å². The Labute approximate surface area is 131 Å². The molecule has 0 amide bonds. The standard InChI is InChI=1S/C19H20FNO/c1-2-15-7-5-9-17(13-15)22-12-6-8-16(14-21)18-10-3-4-11-19(18)20/h3-5,7,9-11,13,16H,2,6,8,12H2,1H3. The first kappa shape index (κ1) is 16.0. The minimum atomic E-state index is -0.424. The predicted octanol–water partition coefficient (Wildman–Crippen LogP) is 4.85. The summed E-state index contributed by atoms with van der Waals surface area (Å²) in [5, 5.41) is 9.23. The number of ether oxygens (including phenoxy) is 1. The van der Waals surface area contributed by atoms with E-state index in [9.17, 15) is 9.65 Å². The first-order valence-electron chi connectivity index (χ1n) is 7.60. The molecule has 0 N–H and O–H groups in total. The van der Waals surface area contributed by atoms with Crippen molar-refractivity contribution in [3.63, 3.8) is 0 Å². The minimum Gasteiger partial charge on any atom is -0.494 e. The zero-order chi connectivity index (χ0) is 15.8. The van der Waals surface area contributed by atoms with Crippen molar-refractivity contribution >= 4 is 0 Å². The summed E-state index contributed by atoms with van der Waals surface area (Å²) in [6.45, 7) is 2.63. The van der Waals surface area contributed by atoms with Gasteiger partial charge in [-0.15, -0.1) is 0 Å². The normalized spacial score (nSPS) is 11.7. The smallest absolute Gasteiger partial charge is 0.127 e. The van der Waals surface area contributed by atoms with Gasteiger partial charge in [-0.2, -0.15) is 5.26 Å². The molecule has 2 aromatic rings. The first-order valence-corrected chi connectivity index (χ1v) is 7.60. The Morgan fingerprint density at radius 2 is 2.00 bits per heavy atom. The lowest BCUT2D eigenvalue weighted by Gasteiger charge is -2.11. The summed E-state index contributed by atoms with van der Waals surface area (Å²) < 4.78 is 19.4. The van der Waals surface area contributed by atoms with Crippen molar-refractivity contribution in [2.24, 2.45) is 0 Å². The van der Waals surface area contributed by atoms with E-state index in [4.69, 9.17) is 4.74 Å². The molecule has 0 fully saturated rings. The predicted molar refractivity (Wildman–Crippen MR) is 85.3 cm³/mol. The van der Waals surface area contributed by atoms with Gasteiger partial charge in [-0.25, -0.2) is 4.39 Å². The maximum absolute atomic E-state index is 13.7. The van der Waals surface area contributed by atoms with Crippen molar-refractivity contribution in [2.45, 2.75) is 32.1 Å². The first-order chi connectivity index (χ1) is 10.7. The SMILES string of the molecule is CCc1cccc(OCCCC(C#N)c2ccccc2F)c1. The largest absolute Gasteiger partial charge is 0.494 e. The number of nitrogens with zero attached hydrogens (tertiary/aromatic N) is 1. The molecule has 0 saturated heterocycles. The second-order valence-electron chi connectivity index (χ2n) is 5.19. The maximum Gasteiger partial charge on any atom is 0.127 e. The highest BCUT2D eigenvalue weighted by molar-refractivity contribution is 5.28. The van der Waals surface area contributed by atoms with Gasteiger partial charge in [0.05, 0.1) is 18.6 Å². The van der Waals surface area contributed by atoms with Gasteiger partial charge < -0.3 is 4.74 Å². The molecule has 22 heavy (non-hydrogen) atoms. The average Bonchev–Trinajstić information content (AvgIpc) is 2.56. The van der Waals surface area contributed by atoms with E-state index in [1.165, 1.54) is 11.6 Å². The monoisotopic (exact) mass is 297 g/mol. The Hall–Kier alpha value is -2.34. The number of nitriles is 1. The van der Waals surface area contributed by atoms with Gasteiger partial charge in [-0.3, -0.25) is 0 Å². The third kappa shape index (κ3) is 4.33. The van der Waals surface area contributed by atoms with Crippen LogP contribution in [0.25, 0.3) is 0 Å². The van der Waals surface area contributed by atoms with Crippen LogP contribution in [0.15, 0.2) is 48.5 Å².